The van der Waals surface area contributed by atoms with Crippen molar-refractivity contribution in [3.05, 3.63) is 23.8 Å². The molecular formula is C9H14O2. The highest BCUT2D eigenvalue weighted by Crippen LogP contribution is 2.02. The number of hydrogen-bond donors (Lipinski definition) is 1. The maximum absolute atomic E-state index is 10.1. The quantitative estimate of drug-likeness (QED) is 0.500. The molecule has 2 nitrogen and oxygen atoms in total. The molecule has 11 heavy (non-hydrogen) atoms. The van der Waals surface area contributed by atoms with E-state index >= 15 is 0 Å². The number of rotatable bonds is 3. The predicted octanol–water partition coefficient (Wildman–Crippen LogP) is 2.23. The van der Waals surface area contributed by atoms with Crippen LogP contribution in [0.25, 0.3) is 0 Å². The van der Waals surface area contributed by atoms with Gasteiger partial charge in [-0.25, -0.2) is 4.79 Å². The Morgan fingerprint density at radius 2 is 1.91 bits per heavy atom. The Hall–Kier alpha value is -1.05. The maximum atomic E-state index is 10.1. The second kappa shape index (κ2) is 4.72. The lowest BCUT2D eigenvalue weighted by molar-refractivity contribution is -0.131. The number of carbonyl (C=O) groups is 1. The van der Waals surface area contributed by atoms with Gasteiger partial charge in [0.1, 0.15) is 0 Å². The molecular weight excluding hydrogens is 140 g/mol. The molecule has 0 aliphatic carbocycles. The van der Waals surface area contributed by atoms with Gasteiger partial charge in [0.2, 0.25) is 0 Å². The van der Waals surface area contributed by atoms with Crippen LogP contribution in [0.4, 0.5) is 0 Å². The van der Waals surface area contributed by atoms with Crippen molar-refractivity contribution < 1.29 is 9.90 Å². The van der Waals surface area contributed by atoms with Gasteiger partial charge in [0.15, 0.2) is 0 Å². The van der Waals surface area contributed by atoms with E-state index in [0.29, 0.717) is 5.92 Å². The van der Waals surface area contributed by atoms with Crippen molar-refractivity contribution in [1.82, 2.24) is 0 Å². The summed E-state index contributed by atoms with van der Waals surface area (Å²) in [6.45, 7) is 6.00. The summed E-state index contributed by atoms with van der Waals surface area (Å²) < 4.78 is 0. The Morgan fingerprint density at radius 3 is 2.27 bits per heavy atom. The Balaban J connectivity index is 4.05. The third kappa shape index (κ3) is 6.84. The second-order valence-electron chi connectivity index (χ2n) is 2.83. The summed E-state index contributed by atoms with van der Waals surface area (Å²) in [5, 5.41) is 8.28. The third-order valence-corrected chi connectivity index (χ3v) is 1.09. The standard InChI is InChI=1S/C9H14O2/c1-7(2)6-8(3)4-5-9(10)11/h4-7H,1-3H3,(H,10,11)/b5-4+,8-6+. The van der Waals surface area contributed by atoms with Gasteiger partial charge in [-0.05, 0) is 12.8 Å². The van der Waals surface area contributed by atoms with Gasteiger partial charge >= 0.3 is 5.97 Å². The molecule has 0 aromatic rings. The molecule has 0 radical (unpaired) electrons. The van der Waals surface area contributed by atoms with Crippen LogP contribution in [0.1, 0.15) is 20.8 Å². The van der Waals surface area contributed by atoms with Crippen molar-refractivity contribution >= 4 is 5.97 Å². The number of carboxylic acids is 1. The molecule has 1 N–H and O–H groups in total. The normalized spacial score (nSPS) is 12.9. The minimum absolute atomic E-state index is 0.466. The number of aliphatic carboxylic acids is 1. The predicted molar refractivity (Wildman–Crippen MR) is 45.4 cm³/mol. The molecule has 0 bridgehead atoms. The summed E-state index contributed by atoms with van der Waals surface area (Å²) >= 11 is 0. The lowest BCUT2D eigenvalue weighted by Gasteiger charge is -1.95. The van der Waals surface area contributed by atoms with Crippen LogP contribution >= 0.6 is 0 Å². The van der Waals surface area contributed by atoms with E-state index in [-0.39, 0.29) is 0 Å². The molecule has 0 aromatic carbocycles. The monoisotopic (exact) mass is 154 g/mol. The van der Waals surface area contributed by atoms with Crippen molar-refractivity contribution in [2.45, 2.75) is 20.8 Å². The maximum Gasteiger partial charge on any atom is 0.328 e. The van der Waals surface area contributed by atoms with E-state index in [2.05, 4.69) is 13.8 Å². The van der Waals surface area contributed by atoms with E-state index in [1.165, 1.54) is 0 Å². The summed E-state index contributed by atoms with van der Waals surface area (Å²) in [6.07, 6.45) is 4.76. The van der Waals surface area contributed by atoms with Gasteiger partial charge in [-0.3, -0.25) is 0 Å². The smallest absolute Gasteiger partial charge is 0.328 e. The molecule has 62 valence electrons. The van der Waals surface area contributed by atoms with E-state index in [1.54, 1.807) is 6.08 Å². The minimum Gasteiger partial charge on any atom is -0.478 e. The fourth-order valence-corrected chi connectivity index (χ4v) is 0.784. The fourth-order valence-electron chi connectivity index (χ4n) is 0.784. The second-order valence-corrected chi connectivity index (χ2v) is 2.83. The van der Waals surface area contributed by atoms with Crippen molar-refractivity contribution in [2.24, 2.45) is 5.92 Å². The molecule has 0 saturated heterocycles. The first-order valence-corrected chi connectivity index (χ1v) is 3.62. The highest BCUT2D eigenvalue weighted by Gasteiger charge is 1.89. The summed E-state index contributed by atoms with van der Waals surface area (Å²) in [5.74, 6) is -0.435. The van der Waals surface area contributed by atoms with Crippen molar-refractivity contribution in [3.8, 4) is 0 Å². The summed E-state index contributed by atoms with van der Waals surface area (Å²) in [4.78, 5) is 10.1. The average molecular weight is 154 g/mol. The van der Waals surface area contributed by atoms with Crippen LogP contribution in [-0.4, -0.2) is 11.1 Å². The van der Waals surface area contributed by atoms with Crippen LogP contribution in [-0.2, 0) is 4.79 Å². The summed E-state index contributed by atoms with van der Waals surface area (Å²) in [5.41, 5.74) is 0.988. The van der Waals surface area contributed by atoms with Crippen molar-refractivity contribution in [2.75, 3.05) is 0 Å². The summed E-state index contributed by atoms with van der Waals surface area (Å²) in [6, 6.07) is 0. The first-order chi connectivity index (χ1) is 5.02. The molecule has 0 saturated carbocycles. The van der Waals surface area contributed by atoms with Gasteiger partial charge in [-0.2, -0.15) is 0 Å². The number of allylic oxidation sites excluding steroid dienone is 3. The van der Waals surface area contributed by atoms with Crippen LogP contribution in [0.15, 0.2) is 23.8 Å². The van der Waals surface area contributed by atoms with Crippen LogP contribution < -0.4 is 0 Å². The first-order valence-electron chi connectivity index (χ1n) is 3.62. The molecule has 0 spiro atoms. The third-order valence-electron chi connectivity index (χ3n) is 1.09. The molecule has 0 amide bonds. The van der Waals surface area contributed by atoms with Gasteiger partial charge in [0.05, 0.1) is 0 Å². The van der Waals surface area contributed by atoms with Crippen molar-refractivity contribution in [1.29, 1.82) is 0 Å². The fraction of sp³-hybridized carbons (Fsp3) is 0.444. The van der Waals surface area contributed by atoms with Gasteiger partial charge in [-0.1, -0.05) is 31.6 Å². The lowest BCUT2D eigenvalue weighted by Crippen LogP contribution is -1.87. The van der Waals surface area contributed by atoms with E-state index in [4.69, 9.17) is 5.11 Å². The highest BCUT2D eigenvalue weighted by molar-refractivity contribution is 5.80. The molecule has 0 atom stereocenters. The van der Waals surface area contributed by atoms with Gasteiger partial charge < -0.3 is 5.11 Å². The zero-order valence-corrected chi connectivity index (χ0v) is 7.16. The van der Waals surface area contributed by atoms with Gasteiger partial charge in [0, 0.05) is 6.08 Å². The van der Waals surface area contributed by atoms with Crippen LogP contribution in [0.3, 0.4) is 0 Å². The van der Waals surface area contributed by atoms with Crippen LogP contribution in [0.2, 0.25) is 0 Å². The van der Waals surface area contributed by atoms with E-state index < -0.39 is 5.97 Å². The van der Waals surface area contributed by atoms with Crippen molar-refractivity contribution in [3.63, 3.8) is 0 Å². The molecule has 0 aliphatic heterocycles. The van der Waals surface area contributed by atoms with Crippen LogP contribution in [0.5, 0.6) is 0 Å². The zero-order valence-electron chi connectivity index (χ0n) is 7.16. The number of carboxylic acid groups (broad SMARTS) is 1. The molecule has 0 unspecified atom stereocenters. The largest absolute Gasteiger partial charge is 0.478 e. The average Bonchev–Trinajstić information content (AvgIpc) is 1.82. The highest BCUT2D eigenvalue weighted by atomic mass is 16.4. The SMILES string of the molecule is CC(/C=C/C(=O)O)=C\C(C)C. The molecule has 2 heteroatoms. The van der Waals surface area contributed by atoms with Gasteiger partial charge in [0.25, 0.3) is 0 Å². The summed E-state index contributed by atoms with van der Waals surface area (Å²) in [7, 11) is 0. The Morgan fingerprint density at radius 1 is 1.36 bits per heavy atom. The topological polar surface area (TPSA) is 37.3 Å². The molecule has 0 fully saturated rings. The Bertz CT molecular complexity index is 188. The van der Waals surface area contributed by atoms with E-state index in [0.717, 1.165) is 11.6 Å². The zero-order chi connectivity index (χ0) is 8.85. The van der Waals surface area contributed by atoms with Gasteiger partial charge in [-0.15, -0.1) is 0 Å². The minimum atomic E-state index is -0.901. The molecule has 0 heterocycles. The molecule has 0 aliphatic rings. The first kappa shape index (κ1) is 9.95. The Labute approximate surface area is 67.2 Å². The Kier molecular flexibility index (Phi) is 4.27. The number of hydrogen-bond acceptors (Lipinski definition) is 1. The van der Waals surface area contributed by atoms with E-state index in [1.807, 2.05) is 13.0 Å². The lowest BCUT2D eigenvalue weighted by atomic mass is 10.1. The van der Waals surface area contributed by atoms with Crippen LogP contribution in [0, 0.1) is 5.92 Å². The van der Waals surface area contributed by atoms with E-state index in [9.17, 15) is 4.79 Å². The molecule has 0 rings (SSSR count). The molecule has 0 aromatic heterocycles.